The van der Waals surface area contributed by atoms with Crippen LogP contribution in [0.15, 0.2) is 17.0 Å². The maximum Gasteiger partial charge on any atom is 0.276 e. The van der Waals surface area contributed by atoms with Gasteiger partial charge in [-0.1, -0.05) is 16.8 Å². The maximum absolute atomic E-state index is 12.3. The lowest BCUT2D eigenvalue weighted by molar-refractivity contribution is 0.0724. The fourth-order valence-corrected chi connectivity index (χ4v) is 2.83. The summed E-state index contributed by atoms with van der Waals surface area (Å²) in [4.78, 5) is 26.0. The van der Waals surface area contributed by atoms with Gasteiger partial charge in [0.1, 0.15) is 11.3 Å². The lowest BCUT2D eigenvalue weighted by Crippen LogP contribution is -2.38. The Hall–Kier alpha value is -2.42. The molecule has 0 saturated carbocycles. The fourth-order valence-electron chi connectivity index (χ4n) is 2.67. The molecule has 122 valence electrons. The summed E-state index contributed by atoms with van der Waals surface area (Å²) in [5.41, 5.74) is 0.365. The second-order valence-electron chi connectivity index (χ2n) is 5.21. The number of H-pyrrole nitrogens is 1. The molecule has 0 aliphatic carbocycles. The van der Waals surface area contributed by atoms with Gasteiger partial charge in [0.2, 0.25) is 0 Å². The van der Waals surface area contributed by atoms with Crippen molar-refractivity contribution in [1.82, 2.24) is 30.8 Å². The number of hydrogen-bond acceptors (Lipinski definition) is 6. The highest BCUT2D eigenvalue weighted by molar-refractivity contribution is 6.33. The van der Waals surface area contributed by atoms with E-state index in [1.165, 1.54) is 12.5 Å². The summed E-state index contributed by atoms with van der Waals surface area (Å²) < 4.78 is 4.62. The van der Waals surface area contributed by atoms with Crippen molar-refractivity contribution in [3.05, 3.63) is 28.9 Å². The quantitative estimate of drug-likeness (QED) is 0.835. The highest BCUT2D eigenvalue weighted by Gasteiger charge is 2.30. The average molecular weight is 339 g/mol. The van der Waals surface area contributed by atoms with E-state index in [0.717, 1.165) is 12.8 Å². The molecule has 0 bridgehead atoms. The van der Waals surface area contributed by atoms with E-state index in [0.29, 0.717) is 25.2 Å². The molecule has 1 aliphatic rings. The second kappa shape index (κ2) is 6.78. The Balaban J connectivity index is 1.52. The van der Waals surface area contributed by atoms with Crippen LogP contribution in [-0.4, -0.2) is 56.4 Å². The number of carbonyl (C=O) groups is 2. The molecule has 1 atom stereocenters. The number of rotatable bonds is 5. The third-order valence-corrected chi connectivity index (χ3v) is 4.04. The van der Waals surface area contributed by atoms with E-state index in [2.05, 4.69) is 30.4 Å². The molecule has 2 aromatic rings. The first-order valence-corrected chi connectivity index (χ1v) is 7.59. The zero-order valence-corrected chi connectivity index (χ0v) is 12.9. The Kier molecular flexibility index (Phi) is 4.56. The van der Waals surface area contributed by atoms with Crippen LogP contribution >= 0.6 is 11.6 Å². The third kappa shape index (κ3) is 3.34. The predicted molar refractivity (Wildman–Crippen MR) is 78.9 cm³/mol. The van der Waals surface area contributed by atoms with Crippen molar-refractivity contribution in [3.8, 4) is 0 Å². The fraction of sp³-hybridized carbons (Fsp3) is 0.462. The van der Waals surface area contributed by atoms with E-state index in [1.54, 1.807) is 4.90 Å². The van der Waals surface area contributed by atoms with Crippen molar-refractivity contribution in [3.63, 3.8) is 0 Å². The number of amides is 2. The summed E-state index contributed by atoms with van der Waals surface area (Å²) in [6.45, 7) is 1.09. The molecule has 1 aliphatic heterocycles. The van der Waals surface area contributed by atoms with Gasteiger partial charge in [0.05, 0.1) is 6.20 Å². The van der Waals surface area contributed by atoms with E-state index < -0.39 is 5.91 Å². The van der Waals surface area contributed by atoms with Gasteiger partial charge < -0.3 is 14.7 Å². The van der Waals surface area contributed by atoms with Crippen LogP contribution in [0.4, 0.5) is 0 Å². The lowest BCUT2D eigenvalue weighted by Gasteiger charge is -2.23. The van der Waals surface area contributed by atoms with Crippen molar-refractivity contribution < 1.29 is 14.1 Å². The molecule has 1 saturated heterocycles. The van der Waals surface area contributed by atoms with Crippen LogP contribution in [0, 0.1) is 0 Å². The molecule has 0 unspecified atom stereocenters. The first-order chi connectivity index (χ1) is 11.2. The molecule has 0 radical (unpaired) electrons. The van der Waals surface area contributed by atoms with E-state index in [4.69, 9.17) is 11.6 Å². The first-order valence-electron chi connectivity index (χ1n) is 7.21. The minimum Gasteiger partial charge on any atom is -0.362 e. The molecule has 10 heteroatoms. The highest BCUT2D eigenvalue weighted by Crippen LogP contribution is 2.21. The van der Waals surface area contributed by atoms with Crippen molar-refractivity contribution in [2.75, 3.05) is 13.1 Å². The zero-order chi connectivity index (χ0) is 16.2. The molecule has 2 aromatic heterocycles. The number of aromatic nitrogens is 4. The molecule has 23 heavy (non-hydrogen) atoms. The molecule has 0 aromatic carbocycles. The monoisotopic (exact) mass is 338 g/mol. The van der Waals surface area contributed by atoms with Gasteiger partial charge in [-0.2, -0.15) is 15.4 Å². The Labute approximate surface area is 136 Å². The van der Waals surface area contributed by atoms with Gasteiger partial charge in [0.25, 0.3) is 11.8 Å². The number of likely N-dealkylation sites (tertiary alicyclic amines) is 1. The van der Waals surface area contributed by atoms with Crippen molar-refractivity contribution in [2.24, 2.45) is 0 Å². The molecule has 2 amide bonds. The van der Waals surface area contributed by atoms with Gasteiger partial charge in [0.15, 0.2) is 11.4 Å². The number of carbonyl (C=O) groups excluding carboxylic acids is 2. The molecule has 2 N–H and O–H groups in total. The molecular formula is C13H15ClN6O3. The Morgan fingerprint density at radius 3 is 3.09 bits per heavy atom. The summed E-state index contributed by atoms with van der Waals surface area (Å²) in [7, 11) is 0. The third-order valence-electron chi connectivity index (χ3n) is 3.78. The van der Waals surface area contributed by atoms with E-state index >= 15 is 0 Å². The SMILES string of the molecule is O=C(NCC[C@H]1CCCN1C(=O)c1cn[nH]n1)c1nocc1Cl. The van der Waals surface area contributed by atoms with Crippen molar-refractivity contribution in [1.29, 1.82) is 0 Å². The standard InChI is InChI=1S/C13H15ClN6O3/c14-9-7-23-18-11(9)12(21)15-4-3-8-2-1-5-20(8)13(22)10-6-16-19-17-10/h6-8H,1-5H2,(H,15,21)(H,16,17,19)/t8-/m1/s1. The van der Waals surface area contributed by atoms with E-state index in [9.17, 15) is 9.59 Å². The summed E-state index contributed by atoms with van der Waals surface area (Å²) in [5, 5.41) is 16.3. The number of aromatic amines is 1. The molecule has 3 heterocycles. The summed E-state index contributed by atoms with van der Waals surface area (Å²) in [5.74, 6) is -0.539. The van der Waals surface area contributed by atoms with Crippen LogP contribution in [0.2, 0.25) is 5.02 Å². The molecular weight excluding hydrogens is 324 g/mol. The smallest absolute Gasteiger partial charge is 0.276 e. The molecule has 0 spiro atoms. The summed E-state index contributed by atoms with van der Waals surface area (Å²) in [6.07, 6.45) is 5.07. The van der Waals surface area contributed by atoms with Crippen LogP contribution in [0.3, 0.4) is 0 Å². The molecule has 1 fully saturated rings. The van der Waals surface area contributed by atoms with Crippen LogP contribution in [0.1, 0.15) is 40.2 Å². The van der Waals surface area contributed by atoms with Crippen molar-refractivity contribution in [2.45, 2.75) is 25.3 Å². The highest BCUT2D eigenvalue weighted by atomic mass is 35.5. The predicted octanol–water partition coefficient (Wildman–Crippen LogP) is 0.871. The van der Waals surface area contributed by atoms with Crippen LogP contribution in [-0.2, 0) is 0 Å². The van der Waals surface area contributed by atoms with Gasteiger partial charge in [-0.25, -0.2) is 0 Å². The van der Waals surface area contributed by atoms with Gasteiger partial charge in [0, 0.05) is 19.1 Å². The average Bonchev–Trinajstić information content (AvgIpc) is 3.28. The van der Waals surface area contributed by atoms with Crippen LogP contribution in [0.5, 0.6) is 0 Å². The maximum atomic E-state index is 12.3. The number of nitrogens with one attached hydrogen (secondary N) is 2. The van der Waals surface area contributed by atoms with Crippen LogP contribution in [0.25, 0.3) is 0 Å². The molecule has 9 nitrogen and oxygen atoms in total. The van der Waals surface area contributed by atoms with Crippen molar-refractivity contribution >= 4 is 23.4 Å². The van der Waals surface area contributed by atoms with E-state index in [1.807, 2.05) is 0 Å². The summed E-state index contributed by atoms with van der Waals surface area (Å²) in [6, 6.07) is 0.0623. The minimum atomic E-state index is -0.392. The minimum absolute atomic E-state index is 0.0623. The zero-order valence-electron chi connectivity index (χ0n) is 12.2. The Bertz CT molecular complexity index is 686. The Morgan fingerprint density at radius 1 is 1.52 bits per heavy atom. The first kappa shape index (κ1) is 15.5. The van der Waals surface area contributed by atoms with Gasteiger partial charge >= 0.3 is 0 Å². The lowest BCUT2D eigenvalue weighted by atomic mass is 10.1. The Morgan fingerprint density at radius 2 is 2.39 bits per heavy atom. The van der Waals surface area contributed by atoms with E-state index in [-0.39, 0.29) is 22.7 Å². The van der Waals surface area contributed by atoms with Gasteiger partial charge in [-0.05, 0) is 19.3 Å². The largest absolute Gasteiger partial charge is 0.362 e. The normalized spacial score (nSPS) is 17.4. The second-order valence-corrected chi connectivity index (χ2v) is 5.61. The number of nitrogens with zero attached hydrogens (tertiary/aromatic N) is 4. The summed E-state index contributed by atoms with van der Waals surface area (Å²) >= 11 is 5.78. The van der Waals surface area contributed by atoms with Gasteiger partial charge in [-0.15, -0.1) is 0 Å². The van der Waals surface area contributed by atoms with Gasteiger partial charge in [-0.3, -0.25) is 9.59 Å². The topological polar surface area (TPSA) is 117 Å². The number of hydrogen-bond donors (Lipinski definition) is 2. The van der Waals surface area contributed by atoms with Crippen LogP contribution < -0.4 is 5.32 Å². The molecule has 3 rings (SSSR count). The number of halogens is 1.